The maximum Gasteiger partial charge on any atom is 0.127 e. The summed E-state index contributed by atoms with van der Waals surface area (Å²) >= 11 is 0. The molecule has 0 unspecified atom stereocenters. The highest BCUT2D eigenvalue weighted by atomic mass is 16.3. The molecule has 1 fully saturated rings. The molecule has 0 heterocycles. The van der Waals surface area contributed by atoms with E-state index in [2.05, 4.69) is 43.4 Å². The zero-order valence-corrected chi connectivity index (χ0v) is 14.3. The van der Waals surface area contributed by atoms with Gasteiger partial charge in [-0.25, -0.2) is 0 Å². The van der Waals surface area contributed by atoms with E-state index in [1.54, 1.807) is 12.1 Å². The van der Waals surface area contributed by atoms with E-state index in [-0.39, 0.29) is 17.2 Å². The van der Waals surface area contributed by atoms with Crippen molar-refractivity contribution in [2.75, 3.05) is 6.54 Å². The van der Waals surface area contributed by atoms with Crippen LogP contribution in [0.1, 0.15) is 55.3 Å². The van der Waals surface area contributed by atoms with Crippen molar-refractivity contribution < 1.29 is 9.90 Å². The van der Waals surface area contributed by atoms with Crippen LogP contribution in [0.5, 0.6) is 5.75 Å². The molecule has 1 saturated carbocycles. The van der Waals surface area contributed by atoms with Crippen LogP contribution in [0.2, 0.25) is 0 Å². The summed E-state index contributed by atoms with van der Waals surface area (Å²) in [7, 11) is 0. The zero-order chi connectivity index (χ0) is 17.2. The van der Waals surface area contributed by atoms with Gasteiger partial charge in [0.2, 0.25) is 0 Å². The Labute approximate surface area is 143 Å². The molecule has 0 amide bonds. The minimum absolute atomic E-state index is 0.0178. The van der Waals surface area contributed by atoms with Crippen LogP contribution in [0.25, 0.3) is 0 Å². The maximum absolute atomic E-state index is 11.3. The second-order valence-electron chi connectivity index (χ2n) is 7.21. The molecule has 3 rings (SSSR count). The fourth-order valence-corrected chi connectivity index (χ4v) is 2.97. The molecule has 1 atom stereocenters. The molecule has 2 N–H and O–H groups in total. The standard InChI is InChI=1S/C21H25NO2/c1-15(2)16-3-5-17(6-4-16)20(18-7-9-19(24)10-8-18)22-13-21(14-23)11-12-21/h3-10,14-15,20,22,24H,11-13H2,1-2H3/t20-/m1/s1. The van der Waals surface area contributed by atoms with E-state index < -0.39 is 0 Å². The Morgan fingerprint density at radius 3 is 1.96 bits per heavy atom. The largest absolute Gasteiger partial charge is 0.508 e. The highest BCUT2D eigenvalue weighted by molar-refractivity contribution is 5.63. The van der Waals surface area contributed by atoms with Crippen LogP contribution in [0.4, 0.5) is 0 Å². The van der Waals surface area contributed by atoms with Crippen molar-refractivity contribution in [3.8, 4) is 5.75 Å². The smallest absolute Gasteiger partial charge is 0.127 e. The highest BCUT2D eigenvalue weighted by Gasteiger charge is 2.42. The molecule has 3 heteroatoms. The molecule has 126 valence electrons. The van der Waals surface area contributed by atoms with Crippen molar-refractivity contribution >= 4 is 6.29 Å². The van der Waals surface area contributed by atoms with Crippen molar-refractivity contribution in [1.29, 1.82) is 0 Å². The molecule has 2 aromatic rings. The Hall–Kier alpha value is -2.13. The van der Waals surface area contributed by atoms with Crippen LogP contribution in [-0.2, 0) is 4.79 Å². The summed E-state index contributed by atoms with van der Waals surface area (Å²) in [6.45, 7) is 5.06. The third kappa shape index (κ3) is 3.68. The van der Waals surface area contributed by atoms with E-state index in [0.29, 0.717) is 12.5 Å². The maximum atomic E-state index is 11.3. The molecule has 0 spiro atoms. The van der Waals surface area contributed by atoms with Crippen LogP contribution in [0.3, 0.4) is 0 Å². The average Bonchev–Trinajstić information content (AvgIpc) is 3.37. The summed E-state index contributed by atoms with van der Waals surface area (Å²) in [6, 6.07) is 15.9. The van der Waals surface area contributed by atoms with Crippen LogP contribution in [0, 0.1) is 5.41 Å². The van der Waals surface area contributed by atoms with Gasteiger partial charge in [-0.05, 0) is 47.6 Å². The van der Waals surface area contributed by atoms with Gasteiger partial charge in [0.25, 0.3) is 0 Å². The predicted octanol–water partition coefficient (Wildman–Crippen LogP) is 4.17. The van der Waals surface area contributed by atoms with Gasteiger partial charge in [0.05, 0.1) is 6.04 Å². The predicted molar refractivity (Wildman–Crippen MR) is 96.2 cm³/mol. The minimum Gasteiger partial charge on any atom is -0.508 e. The van der Waals surface area contributed by atoms with Crippen molar-refractivity contribution in [1.82, 2.24) is 5.32 Å². The van der Waals surface area contributed by atoms with E-state index >= 15 is 0 Å². The number of aromatic hydroxyl groups is 1. The third-order valence-corrected chi connectivity index (χ3v) is 4.96. The Balaban J connectivity index is 1.85. The van der Waals surface area contributed by atoms with Gasteiger partial charge in [-0.3, -0.25) is 0 Å². The summed E-state index contributed by atoms with van der Waals surface area (Å²) in [5, 5.41) is 13.1. The number of aldehydes is 1. The summed E-state index contributed by atoms with van der Waals surface area (Å²) in [5.41, 5.74) is 3.40. The number of carbonyl (C=O) groups excluding carboxylic acids is 1. The molecule has 1 aliphatic carbocycles. The SMILES string of the molecule is CC(C)c1ccc([C@@H](NCC2(C=O)CC2)c2ccc(O)cc2)cc1. The summed E-state index contributed by atoms with van der Waals surface area (Å²) in [6.07, 6.45) is 3.03. The normalized spacial score (nSPS) is 16.8. The molecule has 1 aliphatic rings. The number of carbonyl (C=O) groups is 1. The number of nitrogens with one attached hydrogen (secondary N) is 1. The van der Waals surface area contributed by atoms with Gasteiger partial charge in [-0.2, -0.15) is 0 Å². The van der Waals surface area contributed by atoms with Crippen molar-refractivity contribution in [2.24, 2.45) is 5.41 Å². The lowest BCUT2D eigenvalue weighted by Crippen LogP contribution is -2.29. The number of benzene rings is 2. The lowest BCUT2D eigenvalue weighted by atomic mass is 9.94. The first-order valence-corrected chi connectivity index (χ1v) is 8.61. The summed E-state index contributed by atoms with van der Waals surface area (Å²) < 4.78 is 0. The first kappa shape index (κ1) is 16.7. The highest BCUT2D eigenvalue weighted by Crippen LogP contribution is 2.43. The van der Waals surface area contributed by atoms with Crippen LogP contribution in [0.15, 0.2) is 48.5 Å². The Bertz CT molecular complexity index is 685. The molecule has 24 heavy (non-hydrogen) atoms. The lowest BCUT2D eigenvalue weighted by Gasteiger charge is -2.22. The van der Waals surface area contributed by atoms with E-state index in [9.17, 15) is 9.90 Å². The number of hydrogen-bond donors (Lipinski definition) is 2. The van der Waals surface area contributed by atoms with E-state index in [1.807, 2.05) is 12.1 Å². The van der Waals surface area contributed by atoms with Crippen molar-refractivity contribution in [3.63, 3.8) is 0 Å². The zero-order valence-electron chi connectivity index (χ0n) is 14.3. The summed E-state index contributed by atoms with van der Waals surface area (Å²) in [4.78, 5) is 11.3. The monoisotopic (exact) mass is 323 g/mol. The quantitative estimate of drug-likeness (QED) is 0.752. The van der Waals surface area contributed by atoms with Gasteiger partial charge < -0.3 is 15.2 Å². The topological polar surface area (TPSA) is 49.3 Å². The number of hydrogen-bond acceptors (Lipinski definition) is 3. The molecular weight excluding hydrogens is 298 g/mol. The number of rotatable bonds is 7. The Morgan fingerprint density at radius 1 is 1.00 bits per heavy atom. The second-order valence-corrected chi connectivity index (χ2v) is 7.21. The van der Waals surface area contributed by atoms with Crippen LogP contribution in [-0.4, -0.2) is 17.9 Å². The summed E-state index contributed by atoms with van der Waals surface area (Å²) in [5.74, 6) is 0.767. The number of phenols is 1. The van der Waals surface area contributed by atoms with Crippen molar-refractivity contribution in [2.45, 2.75) is 38.6 Å². The molecule has 0 bridgehead atoms. The first-order chi connectivity index (χ1) is 11.5. The third-order valence-electron chi connectivity index (χ3n) is 4.96. The number of phenolic OH excluding ortho intramolecular Hbond substituents is 1. The van der Waals surface area contributed by atoms with Crippen LogP contribution < -0.4 is 5.32 Å². The first-order valence-electron chi connectivity index (χ1n) is 8.61. The van der Waals surface area contributed by atoms with Gasteiger partial charge in [-0.15, -0.1) is 0 Å². The van der Waals surface area contributed by atoms with Gasteiger partial charge in [-0.1, -0.05) is 50.2 Å². The Morgan fingerprint density at radius 2 is 1.50 bits per heavy atom. The van der Waals surface area contributed by atoms with Gasteiger partial charge in [0.15, 0.2) is 0 Å². The minimum atomic E-state index is -0.174. The molecule has 0 aromatic heterocycles. The molecule has 0 saturated heterocycles. The van der Waals surface area contributed by atoms with Gasteiger partial charge >= 0.3 is 0 Å². The van der Waals surface area contributed by atoms with Crippen LogP contribution >= 0.6 is 0 Å². The molecular formula is C21H25NO2. The second kappa shape index (κ2) is 6.78. The molecule has 2 aromatic carbocycles. The van der Waals surface area contributed by atoms with Crippen molar-refractivity contribution in [3.05, 3.63) is 65.2 Å². The molecule has 0 aliphatic heterocycles. The van der Waals surface area contributed by atoms with Gasteiger partial charge in [0, 0.05) is 12.0 Å². The fourth-order valence-electron chi connectivity index (χ4n) is 2.97. The van der Waals surface area contributed by atoms with E-state index in [1.165, 1.54) is 11.1 Å². The fraction of sp³-hybridized carbons (Fsp3) is 0.381. The van der Waals surface area contributed by atoms with E-state index in [0.717, 1.165) is 24.7 Å². The lowest BCUT2D eigenvalue weighted by molar-refractivity contribution is -0.112. The molecule has 3 nitrogen and oxygen atoms in total. The van der Waals surface area contributed by atoms with E-state index in [4.69, 9.17) is 0 Å². The average molecular weight is 323 g/mol. The molecule has 0 radical (unpaired) electrons. The van der Waals surface area contributed by atoms with Gasteiger partial charge in [0.1, 0.15) is 12.0 Å². The Kier molecular flexibility index (Phi) is 4.72.